The first-order valence-electron chi connectivity index (χ1n) is 5.81. The van der Waals surface area contributed by atoms with Crippen molar-refractivity contribution in [2.24, 2.45) is 0 Å². The first kappa shape index (κ1) is 11.2. The minimum atomic E-state index is -0.519. The van der Waals surface area contributed by atoms with Crippen LogP contribution in [0.2, 0.25) is 5.02 Å². The first-order valence-corrected chi connectivity index (χ1v) is 6.19. The number of ether oxygens (including phenoxy) is 2. The van der Waals surface area contributed by atoms with E-state index < -0.39 is 6.10 Å². The number of benzene rings is 1. The van der Waals surface area contributed by atoms with Gasteiger partial charge in [0.15, 0.2) is 11.5 Å². The van der Waals surface area contributed by atoms with E-state index in [1.54, 1.807) is 6.07 Å². The standard InChI is InChI=1S/C13H15ClO3/c1-13(2)6-8(15)10-11(13)7(14)5-9-12(10)17-4-3-16-9/h5,8,15H,3-4,6H2,1-2H3. The number of hydrogen-bond acceptors (Lipinski definition) is 3. The third-order valence-electron chi connectivity index (χ3n) is 3.54. The summed E-state index contributed by atoms with van der Waals surface area (Å²) >= 11 is 6.31. The number of aliphatic hydroxyl groups excluding tert-OH is 1. The molecule has 0 saturated carbocycles. The molecule has 3 nitrogen and oxygen atoms in total. The zero-order valence-corrected chi connectivity index (χ0v) is 10.7. The molecule has 17 heavy (non-hydrogen) atoms. The van der Waals surface area contributed by atoms with E-state index in [1.165, 1.54) is 0 Å². The van der Waals surface area contributed by atoms with Gasteiger partial charge < -0.3 is 14.6 Å². The zero-order chi connectivity index (χ0) is 12.2. The van der Waals surface area contributed by atoms with Gasteiger partial charge in [-0.05, 0) is 17.4 Å². The fourth-order valence-electron chi connectivity index (χ4n) is 2.87. The van der Waals surface area contributed by atoms with Crippen LogP contribution in [-0.2, 0) is 5.41 Å². The van der Waals surface area contributed by atoms with Crippen molar-refractivity contribution in [3.63, 3.8) is 0 Å². The lowest BCUT2D eigenvalue weighted by molar-refractivity contribution is 0.142. The van der Waals surface area contributed by atoms with E-state index in [0.717, 1.165) is 11.1 Å². The summed E-state index contributed by atoms with van der Waals surface area (Å²) in [5, 5.41) is 10.9. The molecule has 1 heterocycles. The second kappa shape index (κ2) is 3.53. The summed E-state index contributed by atoms with van der Waals surface area (Å²) in [5.41, 5.74) is 1.69. The van der Waals surface area contributed by atoms with Gasteiger partial charge in [0.2, 0.25) is 0 Å². The van der Waals surface area contributed by atoms with Crippen LogP contribution in [0.5, 0.6) is 11.5 Å². The molecule has 1 aromatic carbocycles. The van der Waals surface area contributed by atoms with Gasteiger partial charge in [-0.15, -0.1) is 0 Å². The lowest BCUT2D eigenvalue weighted by Gasteiger charge is -2.25. The van der Waals surface area contributed by atoms with E-state index in [4.69, 9.17) is 21.1 Å². The molecule has 0 bridgehead atoms. The fraction of sp³-hybridized carbons (Fsp3) is 0.538. The highest BCUT2D eigenvalue weighted by Gasteiger charge is 2.41. The largest absolute Gasteiger partial charge is 0.486 e. The third kappa shape index (κ3) is 1.53. The van der Waals surface area contributed by atoms with Crippen LogP contribution in [0.3, 0.4) is 0 Å². The predicted molar refractivity (Wildman–Crippen MR) is 65.0 cm³/mol. The molecule has 0 fully saturated rings. The molecule has 4 heteroatoms. The van der Waals surface area contributed by atoms with E-state index in [-0.39, 0.29) is 5.41 Å². The Labute approximate surface area is 105 Å². The Morgan fingerprint density at radius 1 is 1.35 bits per heavy atom. The van der Waals surface area contributed by atoms with Crippen LogP contribution in [0.15, 0.2) is 6.07 Å². The smallest absolute Gasteiger partial charge is 0.167 e. The normalized spacial score (nSPS) is 24.6. The predicted octanol–water partition coefficient (Wildman–Crippen LogP) is 2.83. The summed E-state index contributed by atoms with van der Waals surface area (Å²) in [6.45, 7) is 5.23. The molecule has 1 atom stereocenters. The second-order valence-electron chi connectivity index (χ2n) is 5.28. The van der Waals surface area contributed by atoms with Crippen molar-refractivity contribution < 1.29 is 14.6 Å². The zero-order valence-electron chi connectivity index (χ0n) is 9.92. The summed E-state index contributed by atoms with van der Waals surface area (Å²) in [6, 6.07) is 1.80. The van der Waals surface area contributed by atoms with Crippen LogP contribution in [0, 0.1) is 0 Å². The first-order chi connectivity index (χ1) is 8.00. The third-order valence-corrected chi connectivity index (χ3v) is 3.83. The molecular formula is C13H15ClO3. The minimum absolute atomic E-state index is 0.123. The summed E-state index contributed by atoms with van der Waals surface area (Å²) < 4.78 is 11.2. The van der Waals surface area contributed by atoms with E-state index >= 15 is 0 Å². The summed E-state index contributed by atoms with van der Waals surface area (Å²) in [5.74, 6) is 1.32. The maximum Gasteiger partial charge on any atom is 0.167 e. The molecule has 1 aromatic rings. The van der Waals surface area contributed by atoms with Crippen LogP contribution in [0.25, 0.3) is 0 Å². The van der Waals surface area contributed by atoms with Crippen molar-refractivity contribution >= 4 is 11.6 Å². The van der Waals surface area contributed by atoms with Gasteiger partial charge >= 0.3 is 0 Å². The van der Waals surface area contributed by atoms with Crippen LogP contribution >= 0.6 is 11.6 Å². The monoisotopic (exact) mass is 254 g/mol. The average molecular weight is 255 g/mol. The van der Waals surface area contributed by atoms with Crippen molar-refractivity contribution in [2.45, 2.75) is 31.8 Å². The van der Waals surface area contributed by atoms with Crippen LogP contribution < -0.4 is 9.47 Å². The van der Waals surface area contributed by atoms with Gasteiger partial charge in [-0.3, -0.25) is 0 Å². The molecule has 1 aliphatic carbocycles. The number of rotatable bonds is 0. The second-order valence-corrected chi connectivity index (χ2v) is 5.68. The molecule has 92 valence electrons. The van der Waals surface area contributed by atoms with Crippen LogP contribution in [0.1, 0.15) is 37.5 Å². The van der Waals surface area contributed by atoms with Gasteiger partial charge in [0.1, 0.15) is 13.2 Å². The highest BCUT2D eigenvalue weighted by molar-refractivity contribution is 6.32. The summed E-state index contributed by atoms with van der Waals surface area (Å²) in [7, 11) is 0. The van der Waals surface area contributed by atoms with Crippen molar-refractivity contribution in [2.75, 3.05) is 13.2 Å². The summed E-state index contributed by atoms with van der Waals surface area (Å²) in [6.07, 6.45) is 0.149. The molecule has 0 saturated heterocycles. The number of hydrogen-bond donors (Lipinski definition) is 1. The highest BCUT2D eigenvalue weighted by Crippen LogP contribution is 2.54. The van der Waals surface area contributed by atoms with Gasteiger partial charge in [-0.25, -0.2) is 0 Å². The topological polar surface area (TPSA) is 38.7 Å². The van der Waals surface area contributed by atoms with Crippen LogP contribution in [0.4, 0.5) is 0 Å². The molecule has 0 radical (unpaired) electrons. The van der Waals surface area contributed by atoms with E-state index in [0.29, 0.717) is 36.2 Å². The highest BCUT2D eigenvalue weighted by atomic mass is 35.5. The molecular weight excluding hydrogens is 240 g/mol. The lowest BCUT2D eigenvalue weighted by atomic mass is 9.86. The Morgan fingerprint density at radius 2 is 2.06 bits per heavy atom. The fourth-order valence-corrected chi connectivity index (χ4v) is 3.33. The molecule has 1 aliphatic heterocycles. The number of aliphatic hydroxyl groups is 1. The van der Waals surface area contributed by atoms with Gasteiger partial charge in [0.05, 0.1) is 6.10 Å². The van der Waals surface area contributed by atoms with E-state index in [1.807, 2.05) is 0 Å². The lowest BCUT2D eigenvalue weighted by Crippen LogP contribution is -2.18. The molecule has 2 aliphatic rings. The van der Waals surface area contributed by atoms with Gasteiger partial charge in [0, 0.05) is 16.7 Å². The maximum absolute atomic E-state index is 10.2. The molecule has 1 N–H and O–H groups in total. The van der Waals surface area contributed by atoms with Crippen molar-refractivity contribution in [3.05, 3.63) is 22.2 Å². The Hall–Kier alpha value is -0.930. The number of halogens is 1. The van der Waals surface area contributed by atoms with Crippen molar-refractivity contribution in [1.82, 2.24) is 0 Å². The molecule has 1 unspecified atom stereocenters. The van der Waals surface area contributed by atoms with E-state index in [9.17, 15) is 5.11 Å². The van der Waals surface area contributed by atoms with Gasteiger partial charge in [0.25, 0.3) is 0 Å². The Balaban J connectivity index is 2.28. The van der Waals surface area contributed by atoms with Crippen LogP contribution in [-0.4, -0.2) is 18.3 Å². The molecule has 0 amide bonds. The number of fused-ring (bicyclic) bond motifs is 3. The van der Waals surface area contributed by atoms with Crippen molar-refractivity contribution in [3.8, 4) is 11.5 Å². The van der Waals surface area contributed by atoms with E-state index in [2.05, 4.69) is 13.8 Å². The van der Waals surface area contributed by atoms with Crippen molar-refractivity contribution in [1.29, 1.82) is 0 Å². The molecule has 0 spiro atoms. The minimum Gasteiger partial charge on any atom is -0.486 e. The molecule has 3 rings (SSSR count). The van der Waals surface area contributed by atoms with Gasteiger partial charge in [-0.1, -0.05) is 25.4 Å². The SMILES string of the molecule is CC1(C)CC(O)c2c3c(cc(Cl)c21)OCCO3. The molecule has 0 aromatic heterocycles. The quantitative estimate of drug-likeness (QED) is 0.774. The van der Waals surface area contributed by atoms with Gasteiger partial charge in [-0.2, -0.15) is 0 Å². The maximum atomic E-state index is 10.2. The Kier molecular flexibility index (Phi) is 2.32. The summed E-state index contributed by atoms with van der Waals surface area (Å²) in [4.78, 5) is 0. The average Bonchev–Trinajstić information content (AvgIpc) is 2.50. The Morgan fingerprint density at radius 3 is 2.82 bits per heavy atom. The Bertz CT molecular complexity index is 482.